The van der Waals surface area contributed by atoms with Crippen molar-refractivity contribution in [2.75, 3.05) is 5.32 Å². The molecule has 0 aliphatic carbocycles. The van der Waals surface area contributed by atoms with E-state index in [2.05, 4.69) is 42.3 Å². The molecular weight excluding hydrogens is 405 g/mol. The molecule has 0 aromatic heterocycles. The predicted octanol–water partition coefficient (Wildman–Crippen LogP) is 4.06. The van der Waals surface area contributed by atoms with E-state index in [9.17, 15) is 4.39 Å². The van der Waals surface area contributed by atoms with Gasteiger partial charge in [-0.3, -0.25) is 0 Å². The first kappa shape index (κ1) is 15.8. The molecule has 0 saturated heterocycles. The summed E-state index contributed by atoms with van der Waals surface area (Å²) in [7, 11) is 0. The van der Waals surface area contributed by atoms with Crippen molar-refractivity contribution in [3.05, 3.63) is 62.3 Å². The van der Waals surface area contributed by atoms with Crippen LogP contribution < -0.4 is 11.1 Å². The van der Waals surface area contributed by atoms with Gasteiger partial charge in [0.05, 0.1) is 0 Å². The fraction of sp³-hybridized carbons (Fsp3) is 0.0714. The van der Waals surface area contributed by atoms with Crippen LogP contribution >= 0.6 is 31.9 Å². The van der Waals surface area contributed by atoms with Crippen molar-refractivity contribution < 1.29 is 9.60 Å². The van der Waals surface area contributed by atoms with E-state index in [-0.39, 0.29) is 5.84 Å². The summed E-state index contributed by atoms with van der Waals surface area (Å²) >= 11 is 6.83. The molecule has 2 aromatic rings. The summed E-state index contributed by atoms with van der Waals surface area (Å²) in [5.74, 6) is -0.566. The Bertz CT molecular complexity index is 692. The fourth-order valence-electron chi connectivity index (χ4n) is 1.79. The van der Waals surface area contributed by atoms with Crippen LogP contribution in [0.5, 0.6) is 0 Å². The Morgan fingerprint density at radius 2 is 2.00 bits per heavy atom. The van der Waals surface area contributed by atoms with E-state index in [0.717, 1.165) is 14.6 Å². The number of hydrogen-bond donors (Lipinski definition) is 3. The molecule has 7 heteroatoms. The van der Waals surface area contributed by atoms with Gasteiger partial charge in [0.15, 0.2) is 5.84 Å². The Morgan fingerprint density at radius 1 is 1.24 bits per heavy atom. The van der Waals surface area contributed by atoms with Gasteiger partial charge in [-0.05, 0) is 57.9 Å². The smallest absolute Gasteiger partial charge is 0.170 e. The molecule has 4 nitrogen and oxygen atoms in total. The second kappa shape index (κ2) is 6.91. The average molecular weight is 417 g/mol. The Hall–Kier alpha value is -1.60. The van der Waals surface area contributed by atoms with Crippen molar-refractivity contribution in [3.8, 4) is 0 Å². The van der Waals surface area contributed by atoms with Gasteiger partial charge in [-0.15, -0.1) is 0 Å². The lowest BCUT2D eigenvalue weighted by atomic mass is 10.1. The molecule has 4 N–H and O–H groups in total. The number of hydrogen-bond acceptors (Lipinski definition) is 3. The van der Waals surface area contributed by atoms with E-state index in [1.54, 1.807) is 6.07 Å². The van der Waals surface area contributed by atoms with Crippen molar-refractivity contribution in [2.24, 2.45) is 10.9 Å². The molecule has 21 heavy (non-hydrogen) atoms. The van der Waals surface area contributed by atoms with Gasteiger partial charge in [0.25, 0.3) is 0 Å². The number of halogens is 3. The van der Waals surface area contributed by atoms with Crippen LogP contribution in [0.3, 0.4) is 0 Å². The molecule has 0 fully saturated rings. The number of oxime groups is 1. The molecule has 110 valence electrons. The minimum Gasteiger partial charge on any atom is -0.409 e. The molecule has 0 atom stereocenters. The van der Waals surface area contributed by atoms with Gasteiger partial charge in [-0.2, -0.15) is 0 Å². The maximum atomic E-state index is 13.6. The molecule has 0 heterocycles. The Kier molecular flexibility index (Phi) is 5.19. The maximum Gasteiger partial charge on any atom is 0.170 e. The molecule has 2 rings (SSSR count). The molecule has 0 amide bonds. The molecule has 0 unspecified atom stereocenters. The van der Waals surface area contributed by atoms with E-state index in [4.69, 9.17) is 10.9 Å². The predicted molar refractivity (Wildman–Crippen MR) is 88.1 cm³/mol. The van der Waals surface area contributed by atoms with Crippen molar-refractivity contribution in [1.29, 1.82) is 0 Å². The van der Waals surface area contributed by atoms with Gasteiger partial charge >= 0.3 is 0 Å². The van der Waals surface area contributed by atoms with Crippen molar-refractivity contribution in [2.45, 2.75) is 6.54 Å². The maximum absolute atomic E-state index is 13.6. The highest BCUT2D eigenvalue weighted by Gasteiger charge is 2.06. The van der Waals surface area contributed by atoms with E-state index in [1.165, 1.54) is 12.1 Å². The zero-order chi connectivity index (χ0) is 15.4. The van der Waals surface area contributed by atoms with E-state index in [0.29, 0.717) is 17.7 Å². The van der Waals surface area contributed by atoms with Crippen LogP contribution in [-0.2, 0) is 6.54 Å². The molecule has 0 aliphatic rings. The Balaban J connectivity index is 2.20. The van der Waals surface area contributed by atoms with Gasteiger partial charge in [0.1, 0.15) is 5.82 Å². The van der Waals surface area contributed by atoms with E-state index in [1.807, 2.05) is 18.2 Å². The monoisotopic (exact) mass is 415 g/mol. The molecule has 0 spiro atoms. The minimum atomic E-state index is -0.441. The minimum absolute atomic E-state index is 0.126. The summed E-state index contributed by atoms with van der Waals surface area (Å²) in [5.41, 5.74) is 7.38. The number of nitrogens with two attached hydrogens (primary N) is 1. The molecular formula is C14H12Br2FN3O. The Morgan fingerprint density at radius 3 is 2.71 bits per heavy atom. The summed E-state index contributed by atoms with van der Waals surface area (Å²) in [5, 5.41) is 14.7. The second-order valence-corrected chi connectivity index (χ2v) is 6.08. The van der Waals surface area contributed by atoms with Crippen molar-refractivity contribution in [1.82, 2.24) is 0 Å². The third-order valence-electron chi connectivity index (χ3n) is 2.77. The van der Waals surface area contributed by atoms with Gasteiger partial charge in [0.2, 0.25) is 0 Å². The van der Waals surface area contributed by atoms with E-state index >= 15 is 0 Å². The third kappa shape index (κ3) is 4.18. The lowest BCUT2D eigenvalue weighted by molar-refractivity contribution is 0.318. The largest absolute Gasteiger partial charge is 0.409 e. The highest BCUT2D eigenvalue weighted by atomic mass is 79.9. The van der Waals surface area contributed by atoms with Crippen molar-refractivity contribution >= 4 is 43.4 Å². The normalized spacial score (nSPS) is 11.5. The molecule has 2 aromatic carbocycles. The molecule has 0 radical (unpaired) electrons. The first-order valence-corrected chi connectivity index (χ1v) is 7.54. The number of nitrogens with zero attached hydrogens (tertiary/aromatic N) is 1. The number of anilines is 1. The molecule has 0 aliphatic heterocycles. The number of nitrogens with one attached hydrogen (secondary N) is 1. The lowest BCUT2D eigenvalue weighted by Gasteiger charge is -2.10. The molecule has 0 saturated carbocycles. The molecule has 0 bridgehead atoms. The average Bonchev–Trinajstić information content (AvgIpc) is 2.46. The fourth-order valence-corrected chi connectivity index (χ4v) is 2.54. The van der Waals surface area contributed by atoms with Gasteiger partial charge in [0, 0.05) is 26.7 Å². The third-order valence-corrected chi connectivity index (χ3v) is 3.96. The van der Waals surface area contributed by atoms with Crippen LogP contribution in [0.4, 0.5) is 10.1 Å². The van der Waals surface area contributed by atoms with Gasteiger partial charge in [-0.25, -0.2) is 4.39 Å². The zero-order valence-corrected chi connectivity index (χ0v) is 13.9. The first-order valence-electron chi connectivity index (χ1n) is 5.96. The van der Waals surface area contributed by atoms with Crippen LogP contribution in [0.25, 0.3) is 0 Å². The SMILES string of the molecule is N/C(=N/O)c1cc(F)cc(CNc2cc(Br)ccc2Br)c1. The summed E-state index contributed by atoms with van der Waals surface area (Å²) in [6.45, 7) is 0.401. The second-order valence-electron chi connectivity index (χ2n) is 4.31. The topological polar surface area (TPSA) is 70.6 Å². The lowest BCUT2D eigenvalue weighted by Crippen LogP contribution is -2.14. The number of amidine groups is 1. The van der Waals surface area contributed by atoms with E-state index < -0.39 is 5.82 Å². The summed E-state index contributed by atoms with van der Waals surface area (Å²) in [6, 6.07) is 10.00. The van der Waals surface area contributed by atoms with Crippen molar-refractivity contribution in [3.63, 3.8) is 0 Å². The van der Waals surface area contributed by atoms with Crippen LogP contribution in [0.15, 0.2) is 50.5 Å². The summed E-state index contributed by atoms with van der Waals surface area (Å²) < 4.78 is 15.4. The van der Waals surface area contributed by atoms with Crippen LogP contribution in [0, 0.1) is 5.82 Å². The summed E-state index contributed by atoms with van der Waals surface area (Å²) in [6.07, 6.45) is 0. The van der Waals surface area contributed by atoms with Gasteiger partial charge < -0.3 is 16.3 Å². The quantitative estimate of drug-likeness (QED) is 0.304. The number of benzene rings is 2. The van der Waals surface area contributed by atoms with Crippen LogP contribution in [-0.4, -0.2) is 11.0 Å². The standard InChI is InChI=1S/C14H12Br2FN3O/c15-10-1-2-12(16)13(6-10)19-7-8-3-9(14(18)20-21)5-11(17)4-8/h1-6,19,21H,7H2,(H2,18,20). The zero-order valence-electron chi connectivity index (χ0n) is 10.8. The highest BCUT2D eigenvalue weighted by Crippen LogP contribution is 2.26. The van der Waals surface area contributed by atoms with Crippen LogP contribution in [0.2, 0.25) is 0 Å². The Labute approximate surface area is 138 Å². The highest BCUT2D eigenvalue weighted by molar-refractivity contribution is 9.11. The number of rotatable bonds is 4. The van der Waals surface area contributed by atoms with Gasteiger partial charge in [-0.1, -0.05) is 21.1 Å². The van der Waals surface area contributed by atoms with Crippen LogP contribution in [0.1, 0.15) is 11.1 Å². The first-order chi connectivity index (χ1) is 9.99. The summed E-state index contributed by atoms with van der Waals surface area (Å²) in [4.78, 5) is 0.